The van der Waals surface area contributed by atoms with Crippen molar-refractivity contribution < 1.29 is 14.0 Å². The minimum absolute atomic E-state index is 0.184. The summed E-state index contributed by atoms with van der Waals surface area (Å²) >= 11 is 0. The monoisotopic (exact) mass is 342 g/mol. The van der Waals surface area contributed by atoms with Crippen LogP contribution in [-0.4, -0.2) is 35.9 Å². The van der Waals surface area contributed by atoms with Crippen molar-refractivity contribution in [3.8, 4) is 0 Å². The zero-order chi connectivity index (χ0) is 17.6. The number of aromatic nitrogens is 1. The molecule has 2 amide bonds. The highest BCUT2D eigenvalue weighted by Gasteiger charge is 2.18. The maximum absolute atomic E-state index is 12.2. The summed E-state index contributed by atoms with van der Waals surface area (Å²) < 4.78 is 5.01. The molecule has 0 aliphatic carbocycles. The summed E-state index contributed by atoms with van der Waals surface area (Å²) in [5.74, 6) is 0.472. The summed E-state index contributed by atoms with van der Waals surface area (Å²) in [7, 11) is 0. The van der Waals surface area contributed by atoms with Gasteiger partial charge in [-0.15, -0.1) is 0 Å². The van der Waals surface area contributed by atoms with E-state index in [0.29, 0.717) is 6.54 Å². The Balaban J connectivity index is 1.51. The Morgan fingerprint density at radius 1 is 1.32 bits per heavy atom. The number of rotatable bonds is 6. The van der Waals surface area contributed by atoms with Gasteiger partial charge < -0.3 is 20.0 Å². The first-order valence-electron chi connectivity index (χ1n) is 8.45. The third kappa shape index (κ3) is 4.37. The molecule has 0 radical (unpaired) electrons. The number of hydrogen-bond donors (Lipinski definition) is 2. The van der Waals surface area contributed by atoms with E-state index in [9.17, 15) is 9.59 Å². The van der Waals surface area contributed by atoms with Crippen molar-refractivity contribution in [3.05, 3.63) is 48.0 Å². The highest BCUT2D eigenvalue weighted by molar-refractivity contribution is 5.95. The Labute approximate surface area is 146 Å². The molecule has 2 aromatic heterocycles. The normalized spacial score (nSPS) is 15.0. The largest absolute Gasteiger partial charge is 0.459 e. The van der Waals surface area contributed by atoms with Crippen molar-refractivity contribution in [1.82, 2.24) is 15.6 Å². The van der Waals surface area contributed by atoms with Crippen molar-refractivity contribution in [2.24, 2.45) is 0 Å². The van der Waals surface area contributed by atoms with Crippen LogP contribution in [0.4, 0.5) is 5.82 Å². The molecule has 0 spiro atoms. The molecule has 0 aromatic carbocycles. The predicted molar refractivity (Wildman–Crippen MR) is 93.2 cm³/mol. The van der Waals surface area contributed by atoms with E-state index in [2.05, 4.69) is 20.5 Å². The number of anilines is 1. The third-order valence-corrected chi connectivity index (χ3v) is 4.19. The topological polar surface area (TPSA) is 87.5 Å². The van der Waals surface area contributed by atoms with Crippen molar-refractivity contribution in [2.75, 3.05) is 18.0 Å². The molecule has 0 saturated carbocycles. The molecule has 3 rings (SSSR count). The molecular weight excluding hydrogens is 320 g/mol. The second kappa shape index (κ2) is 7.83. The zero-order valence-electron chi connectivity index (χ0n) is 14.2. The molecule has 132 valence electrons. The lowest BCUT2D eigenvalue weighted by molar-refractivity contribution is -0.122. The van der Waals surface area contributed by atoms with Gasteiger partial charge in [-0.2, -0.15) is 0 Å². The van der Waals surface area contributed by atoms with E-state index >= 15 is 0 Å². The number of nitrogens with one attached hydrogen (secondary N) is 2. The standard InChI is InChI=1S/C18H22N4O3/c1-13(21-18(24)15-5-4-10-25-15)17(23)20-12-14-6-7-19-16(11-14)22-8-2-3-9-22/h4-7,10-11,13H,2-3,8-9,12H2,1H3,(H,20,23)(H,21,24). The van der Waals surface area contributed by atoms with Crippen LogP contribution >= 0.6 is 0 Å². The SMILES string of the molecule is CC(NC(=O)c1ccco1)C(=O)NCc1ccnc(N2CCCC2)c1. The van der Waals surface area contributed by atoms with Crippen molar-refractivity contribution in [2.45, 2.75) is 32.4 Å². The third-order valence-electron chi connectivity index (χ3n) is 4.19. The van der Waals surface area contributed by atoms with Crippen molar-refractivity contribution in [1.29, 1.82) is 0 Å². The van der Waals surface area contributed by atoms with Crippen LogP contribution in [0.5, 0.6) is 0 Å². The number of hydrogen-bond acceptors (Lipinski definition) is 5. The molecule has 7 heteroatoms. The molecule has 0 bridgehead atoms. The summed E-state index contributed by atoms with van der Waals surface area (Å²) in [6.07, 6.45) is 5.56. The number of carbonyl (C=O) groups is 2. The Morgan fingerprint density at radius 2 is 2.12 bits per heavy atom. The molecule has 1 aliphatic heterocycles. The van der Waals surface area contributed by atoms with Gasteiger partial charge in [0, 0.05) is 25.8 Å². The van der Waals surface area contributed by atoms with Gasteiger partial charge in [0.25, 0.3) is 5.91 Å². The second-order valence-corrected chi connectivity index (χ2v) is 6.11. The van der Waals surface area contributed by atoms with Gasteiger partial charge in [0.05, 0.1) is 6.26 Å². The highest BCUT2D eigenvalue weighted by atomic mass is 16.3. The fourth-order valence-electron chi connectivity index (χ4n) is 2.77. The molecule has 1 unspecified atom stereocenters. The van der Waals surface area contributed by atoms with Gasteiger partial charge >= 0.3 is 0 Å². The van der Waals surface area contributed by atoms with E-state index in [1.54, 1.807) is 25.3 Å². The van der Waals surface area contributed by atoms with Gasteiger partial charge in [0.15, 0.2) is 5.76 Å². The van der Waals surface area contributed by atoms with Gasteiger partial charge in [-0.3, -0.25) is 9.59 Å². The first-order chi connectivity index (χ1) is 12.1. The van der Waals surface area contributed by atoms with Crippen molar-refractivity contribution in [3.63, 3.8) is 0 Å². The predicted octanol–water partition coefficient (Wildman–Crippen LogP) is 1.71. The van der Waals surface area contributed by atoms with E-state index in [-0.39, 0.29) is 11.7 Å². The second-order valence-electron chi connectivity index (χ2n) is 6.11. The van der Waals surface area contributed by atoms with Gasteiger partial charge in [-0.05, 0) is 49.6 Å². The first kappa shape index (κ1) is 17.0. The Hall–Kier alpha value is -2.83. The number of pyridine rings is 1. The van der Waals surface area contributed by atoms with E-state index in [0.717, 1.165) is 24.5 Å². The molecule has 7 nitrogen and oxygen atoms in total. The molecule has 1 atom stereocenters. The fourth-order valence-corrected chi connectivity index (χ4v) is 2.77. The van der Waals surface area contributed by atoms with Crippen LogP contribution in [0.1, 0.15) is 35.9 Å². The Kier molecular flexibility index (Phi) is 5.33. The Bertz CT molecular complexity index is 724. The summed E-state index contributed by atoms with van der Waals surface area (Å²) in [5.41, 5.74) is 0.981. The Morgan fingerprint density at radius 3 is 2.84 bits per heavy atom. The minimum Gasteiger partial charge on any atom is -0.459 e. The lowest BCUT2D eigenvalue weighted by Gasteiger charge is -2.17. The van der Waals surface area contributed by atoms with E-state index < -0.39 is 11.9 Å². The minimum atomic E-state index is -0.655. The van der Waals surface area contributed by atoms with E-state index in [1.807, 2.05) is 12.1 Å². The number of amides is 2. The van der Waals surface area contributed by atoms with Crippen LogP contribution in [0.3, 0.4) is 0 Å². The summed E-state index contributed by atoms with van der Waals surface area (Å²) in [6, 6.07) is 6.40. The van der Waals surface area contributed by atoms with Gasteiger partial charge in [0.2, 0.25) is 5.91 Å². The number of nitrogens with zero attached hydrogens (tertiary/aromatic N) is 2. The average Bonchev–Trinajstić information content (AvgIpc) is 3.33. The molecule has 25 heavy (non-hydrogen) atoms. The maximum atomic E-state index is 12.2. The molecule has 1 saturated heterocycles. The van der Waals surface area contributed by atoms with Gasteiger partial charge in [-0.25, -0.2) is 4.98 Å². The lowest BCUT2D eigenvalue weighted by atomic mass is 10.2. The van der Waals surface area contributed by atoms with Crippen LogP contribution in [0.2, 0.25) is 0 Å². The van der Waals surface area contributed by atoms with Crippen LogP contribution in [0.15, 0.2) is 41.1 Å². The summed E-state index contributed by atoms with van der Waals surface area (Å²) in [6.45, 7) is 4.08. The van der Waals surface area contributed by atoms with E-state index in [4.69, 9.17) is 4.42 Å². The number of carbonyl (C=O) groups excluding carboxylic acids is 2. The fraction of sp³-hybridized carbons (Fsp3) is 0.389. The molecule has 2 N–H and O–H groups in total. The van der Waals surface area contributed by atoms with Crippen LogP contribution < -0.4 is 15.5 Å². The van der Waals surface area contributed by atoms with Crippen LogP contribution in [0.25, 0.3) is 0 Å². The summed E-state index contributed by atoms with van der Waals surface area (Å²) in [4.78, 5) is 30.7. The zero-order valence-corrected chi connectivity index (χ0v) is 14.2. The molecular formula is C18H22N4O3. The van der Waals surface area contributed by atoms with Crippen LogP contribution in [-0.2, 0) is 11.3 Å². The molecule has 1 aliphatic rings. The maximum Gasteiger partial charge on any atom is 0.287 e. The van der Waals surface area contributed by atoms with Gasteiger partial charge in [-0.1, -0.05) is 0 Å². The number of furan rings is 1. The van der Waals surface area contributed by atoms with Crippen molar-refractivity contribution >= 4 is 17.6 Å². The summed E-state index contributed by atoms with van der Waals surface area (Å²) in [5, 5.41) is 5.45. The van der Waals surface area contributed by atoms with Crippen LogP contribution in [0, 0.1) is 0 Å². The molecule has 1 fully saturated rings. The van der Waals surface area contributed by atoms with Gasteiger partial charge in [0.1, 0.15) is 11.9 Å². The first-order valence-corrected chi connectivity index (χ1v) is 8.45. The molecule has 3 heterocycles. The lowest BCUT2D eigenvalue weighted by Crippen LogP contribution is -2.44. The van der Waals surface area contributed by atoms with E-state index in [1.165, 1.54) is 19.1 Å². The molecule has 2 aromatic rings. The quantitative estimate of drug-likeness (QED) is 0.834. The average molecular weight is 342 g/mol. The highest BCUT2D eigenvalue weighted by Crippen LogP contribution is 2.18. The smallest absolute Gasteiger partial charge is 0.287 e.